The molecule has 3 rings (SSSR count). The van der Waals surface area contributed by atoms with Crippen LogP contribution in [0, 0.1) is 5.92 Å². The standard InChI is InChI=1S/C15H21NO4/c1-3-11(2)5-4-7-16-15-13-12(6-8-19-15)18-9-14(13,17)10-20-15/h3-5,7,12-13,17H,6,8-10H2,1-2H3/b5-4+,11-3+,16-7?/t12-,13+,14-,15+/m0/s1. The van der Waals surface area contributed by atoms with Gasteiger partial charge in [-0.2, -0.15) is 0 Å². The van der Waals surface area contributed by atoms with Crippen LogP contribution in [0.4, 0.5) is 0 Å². The van der Waals surface area contributed by atoms with E-state index in [2.05, 4.69) is 4.99 Å². The highest BCUT2D eigenvalue weighted by atomic mass is 16.7. The fourth-order valence-electron chi connectivity index (χ4n) is 3.10. The zero-order valence-corrected chi connectivity index (χ0v) is 11.9. The predicted molar refractivity (Wildman–Crippen MR) is 74.5 cm³/mol. The summed E-state index contributed by atoms with van der Waals surface area (Å²) in [4.78, 5) is 4.45. The summed E-state index contributed by atoms with van der Waals surface area (Å²) in [6.07, 6.45) is 8.27. The quantitative estimate of drug-likeness (QED) is 0.627. The van der Waals surface area contributed by atoms with E-state index in [4.69, 9.17) is 14.2 Å². The maximum absolute atomic E-state index is 10.6. The van der Waals surface area contributed by atoms with E-state index in [-0.39, 0.29) is 18.6 Å². The van der Waals surface area contributed by atoms with E-state index in [0.717, 1.165) is 12.0 Å². The fraction of sp³-hybridized carbons (Fsp3) is 0.667. The van der Waals surface area contributed by atoms with E-state index < -0.39 is 11.5 Å². The van der Waals surface area contributed by atoms with Gasteiger partial charge in [0, 0.05) is 6.21 Å². The van der Waals surface area contributed by atoms with Crippen molar-refractivity contribution in [3.05, 3.63) is 23.8 Å². The first-order valence-corrected chi connectivity index (χ1v) is 7.06. The number of nitrogens with zero attached hydrogens (tertiary/aromatic N) is 1. The minimum Gasteiger partial charge on any atom is -0.384 e. The number of rotatable bonds is 3. The van der Waals surface area contributed by atoms with E-state index in [0.29, 0.717) is 13.2 Å². The number of hydrogen-bond donors (Lipinski definition) is 1. The normalized spacial score (nSPS) is 44.6. The first-order valence-electron chi connectivity index (χ1n) is 7.06. The van der Waals surface area contributed by atoms with Crippen LogP contribution in [-0.2, 0) is 14.2 Å². The molecule has 20 heavy (non-hydrogen) atoms. The molecule has 0 spiro atoms. The maximum Gasteiger partial charge on any atom is 0.278 e. The summed E-state index contributed by atoms with van der Waals surface area (Å²) in [6, 6.07) is 0. The summed E-state index contributed by atoms with van der Waals surface area (Å²) < 4.78 is 17.1. The Morgan fingerprint density at radius 1 is 1.35 bits per heavy atom. The Morgan fingerprint density at radius 2 is 2.20 bits per heavy atom. The van der Waals surface area contributed by atoms with Crippen molar-refractivity contribution in [3.8, 4) is 0 Å². The van der Waals surface area contributed by atoms with E-state index in [1.807, 2.05) is 32.1 Å². The molecule has 3 aliphatic heterocycles. The number of aliphatic imine (C=N–C) groups is 1. The van der Waals surface area contributed by atoms with Crippen molar-refractivity contribution in [2.45, 2.75) is 37.9 Å². The van der Waals surface area contributed by atoms with Crippen LogP contribution in [0.3, 0.4) is 0 Å². The van der Waals surface area contributed by atoms with Gasteiger partial charge < -0.3 is 19.3 Å². The molecule has 3 fully saturated rings. The lowest BCUT2D eigenvalue weighted by Gasteiger charge is -2.37. The van der Waals surface area contributed by atoms with Crippen molar-refractivity contribution in [2.24, 2.45) is 10.9 Å². The molecule has 5 heteroatoms. The molecule has 5 nitrogen and oxygen atoms in total. The molecule has 0 bridgehead atoms. The average Bonchev–Trinajstić information content (AvgIpc) is 2.95. The lowest BCUT2D eigenvalue weighted by molar-refractivity contribution is -0.261. The molecule has 3 aliphatic rings. The molecule has 0 aromatic carbocycles. The monoisotopic (exact) mass is 279 g/mol. The molecule has 3 heterocycles. The van der Waals surface area contributed by atoms with Crippen molar-refractivity contribution < 1.29 is 19.3 Å². The summed E-state index contributed by atoms with van der Waals surface area (Å²) in [6.45, 7) is 5.05. The van der Waals surface area contributed by atoms with Gasteiger partial charge in [-0.3, -0.25) is 0 Å². The molecule has 110 valence electrons. The second-order valence-electron chi connectivity index (χ2n) is 5.66. The number of hydrogen-bond acceptors (Lipinski definition) is 5. The molecule has 0 aliphatic carbocycles. The highest BCUT2D eigenvalue weighted by Gasteiger charge is 2.67. The Labute approximate surface area is 118 Å². The largest absolute Gasteiger partial charge is 0.384 e. The first-order chi connectivity index (χ1) is 9.60. The topological polar surface area (TPSA) is 60.3 Å². The third-order valence-corrected chi connectivity index (χ3v) is 4.29. The van der Waals surface area contributed by atoms with Gasteiger partial charge >= 0.3 is 0 Å². The molecule has 1 N–H and O–H groups in total. The molecular formula is C15H21NO4. The summed E-state index contributed by atoms with van der Waals surface area (Å²) in [7, 11) is 0. The van der Waals surface area contributed by atoms with Crippen molar-refractivity contribution in [3.63, 3.8) is 0 Å². The number of allylic oxidation sites excluding steroid dienone is 4. The molecule has 0 aromatic rings. The minimum absolute atomic E-state index is 0.0327. The fourth-order valence-corrected chi connectivity index (χ4v) is 3.10. The van der Waals surface area contributed by atoms with Crippen LogP contribution < -0.4 is 0 Å². The lowest BCUT2D eigenvalue weighted by atomic mass is 9.84. The van der Waals surface area contributed by atoms with Gasteiger partial charge in [-0.15, -0.1) is 0 Å². The van der Waals surface area contributed by atoms with E-state index in [9.17, 15) is 5.11 Å². The third-order valence-electron chi connectivity index (χ3n) is 4.29. The SMILES string of the molecule is C/C=C(C)/C=C/C=N[C@]12OCC[C@@H]3OC[C@](O)(CO1)[C@@H]32. The van der Waals surface area contributed by atoms with Crippen LogP contribution >= 0.6 is 0 Å². The van der Waals surface area contributed by atoms with Gasteiger partial charge in [-0.25, -0.2) is 4.99 Å². The smallest absolute Gasteiger partial charge is 0.278 e. The third kappa shape index (κ3) is 2.15. The van der Waals surface area contributed by atoms with Gasteiger partial charge in [0.15, 0.2) is 0 Å². The molecule has 0 radical (unpaired) electrons. The van der Waals surface area contributed by atoms with E-state index in [1.165, 1.54) is 0 Å². The summed E-state index contributed by atoms with van der Waals surface area (Å²) in [5.74, 6) is -1.32. The van der Waals surface area contributed by atoms with Crippen molar-refractivity contribution >= 4 is 6.21 Å². The Kier molecular flexibility index (Phi) is 3.54. The van der Waals surface area contributed by atoms with Crippen LogP contribution in [0.5, 0.6) is 0 Å². The summed E-state index contributed by atoms with van der Waals surface area (Å²) in [5.41, 5.74) is 0.190. The lowest BCUT2D eigenvalue weighted by Crippen LogP contribution is -2.51. The highest BCUT2D eigenvalue weighted by Crippen LogP contribution is 2.51. The highest BCUT2D eigenvalue weighted by molar-refractivity contribution is 5.72. The van der Waals surface area contributed by atoms with Crippen molar-refractivity contribution in [2.75, 3.05) is 19.8 Å². The second kappa shape index (κ2) is 5.07. The maximum atomic E-state index is 10.6. The Hall–Kier alpha value is -1.01. The van der Waals surface area contributed by atoms with Crippen LogP contribution in [-0.4, -0.2) is 48.8 Å². The molecule has 4 atom stereocenters. The molecule has 0 amide bonds. The van der Waals surface area contributed by atoms with Gasteiger partial charge in [0.2, 0.25) is 0 Å². The van der Waals surface area contributed by atoms with Gasteiger partial charge in [-0.1, -0.05) is 17.7 Å². The molecular weight excluding hydrogens is 258 g/mol. The number of ether oxygens (including phenoxy) is 3. The van der Waals surface area contributed by atoms with Gasteiger partial charge in [0.05, 0.1) is 31.8 Å². The van der Waals surface area contributed by atoms with Crippen LogP contribution in [0.2, 0.25) is 0 Å². The zero-order chi connectivity index (χ0) is 14.2. The summed E-state index contributed by atoms with van der Waals surface area (Å²) >= 11 is 0. The number of aliphatic hydroxyl groups is 1. The van der Waals surface area contributed by atoms with Crippen molar-refractivity contribution in [1.29, 1.82) is 0 Å². The Morgan fingerprint density at radius 3 is 3.00 bits per heavy atom. The first kappa shape index (κ1) is 13.9. The Bertz CT molecular complexity index is 472. The molecule has 0 aromatic heterocycles. The zero-order valence-electron chi connectivity index (χ0n) is 11.9. The van der Waals surface area contributed by atoms with Gasteiger partial charge in [0.1, 0.15) is 5.60 Å². The van der Waals surface area contributed by atoms with Crippen LogP contribution in [0.25, 0.3) is 0 Å². The van der Waals surface area contributed by atoms with Crippen LogP contribution in [0.15, 0.2) is 28.8 Å². The van der Waals surface area contributed by atoms with E-state index >= 15 is 0 Å². The average molecular weight is 279 g/mol. The van der Waals surface area contributed by atoms with Gasteiger partial charge in [-0.05, 0) is 26.3 Å². The minimum atomic E-state index is -1.08. The Balaban J connectivity index is 1.80. The van der Waals surface area contributed by atoms with E-state index in [1.54, 1.807) is 6.21 Å². The van der Waals surface area contributed by atoms with Gasteiger partial charge in [0.25, 0.3) is 5.91 Å². The predicted octanol–water partition coefficient (Wildman–Crippen LogP) is 1.43. The van der Waals surface area contributed by atoms with Crippen LogP contribution in [0.1, 0.15) is 20.3 Å². The second-order valence-corrected chi connectivity index (χ2v) is 5.66. The molecule has 3 saturated heterocycles. The van der Waals surface area contributed by atoms with Crippen molar-refractivity contribution in [1.82, 2.24) is 0 Å². The summed E-state index contributed by atoms with van der Waals surface area (Å²) in [5, 5.41) is 10.6. The molecule has 0 saturated carbocycles. The molecule has 0 unspecified atom stereocenters.